The minimum atomic E-state index is -1.30. The fraction of sp³-hybridized carbons (Fsp3) is 0.417. The lowest BCUT2D eigenvalue weighted by Crippen LogP contribution is -2.05. The summed E-state index contributed by atoms with van der Waals surface area (Å²) in [5, 5.41) is 17.3. The molecule has 1 rings (SSSR count). The van der Waals surface area contributed by atoms with Crippen LogP contribution in [0.5, 0.6) is 5.75 Å². The Kier molecular flexibility index (Phi) is 4.79. The van der Waals surface area contributed by atoms with Gasteiger partial charge < -0.3 is 14.9 Å². The van der Waals surface area contributed by atoms with Crippen LogP contribution in [-0.4, -0.2) is 23.0 Å². The van der Waals surface area contributed by atoms with Gasteiger partial charge in [-0.05, 0) is 37.8 Å². The molecule has 0 saturated carbocycles. The van der Waals surface area contributed by atoms with Gasteiger partial charge in [-0.2, -0.15) is 0 Å². The largest absolute Gasteiger partial charge is 0.511 e. The number of benzene rings is 1. The fourth-order valence-electron chi connectivity index (χ4n) is 1.52. The first-order valence-corrected chi connectivity index (χ1v) is 5.24. The molecule has 0 unspecified atom stereocenters. The molecule has 0 bridgehead atoms. The molecule has 0 atom stereocenters. The summed E-state index contributed by atoms with van der Waals surface area (Å²) < 4.78 is 4.69. The minimum absolute atomic E-state index is 0.154. The summed E-state index contributed by atoms with van der Waals surface area (Å²) in [6.07, 6.45) is 0.939. The van der Waals surface area contributed by atoms with Crippen LogP contribution in [-0.2, 0) is 6.42 Å². The summed E-state index contributed by atoms with van der Waals surface area (Å²) in [5.74, 6) is 0.385. The maximum Gasteiger partial charge on any atom is 0.511 e. The van der Waals surface area contributed by atoms with Crippen molar-refractivity contribution in [2.45, 2.75) is 26.2 Å². The van der Waals surface area contributed by atoms with Gasteiger partial charge in [0, 0.05) is 6.61 Å². The van der Waals surface area contributed by atoms with E-state index in [4.69, 9.17) is 10.2 Å². The van der Waals surface area contributed by atoms with Crippen molar-refractivity contribution >= 4 is 6.16 Å². The van der Waals surface area contributed by atoms with Crippen LogP contribution < -0.4 is 4.74 Å². The maximum absolute atomic E-state index is 10.5. The topological polar surface area (TPSA) is 66.8 Å². The van der Waals surface area contributed by atoms with Crippen molar-refractivity contribution in [2.75, 3.05) is 6.61 Å². The zero-order valence-corrected chi connectivity index (χ0v) is 9.27. The minimum Gasteiger partial charge on any atom is -0.449 e. The predicted octanol–water partition coefficient (Wildman–Crippen LogP) is 2.37. The highest BCUT2D eigenvalue weighted by atomic mass is 16.7. The number of unbranched alkanes of at least 4 members (excludes halogenated alkanes) is 1. The van der Waals surface area contributed by atoms with Gasteiger partial charge in [0.25, 0.3) is 0 Å². The molecule has 0 heterocycles. The van der Waals surface area contributed by atoms with Crippen LogP contribution in [0.4, 0.5) is 4.79 Å². The van der Waals surface area contributed by atoms with Crippen LogP contribution >= 0.6 is 0 Å². The summed E-state index contributed by atoms with van der Waals surface area (Å²) in [5.41, 5.74) is 1.94. The molecule has 0 fully saturated rings. The van der Waals surface area contributed by atoms with Gasteiger partial charge in [-0.25, -0.2) is 4.79 Å². The molecule has 0 saturated heterocycles. The van der Waals surface area contributed by atoms with Crippen LogP contribution in [0.2, 0.25) is 0 Å². The smallest absolute Gasteiger partial charge is 0.449 e. The van der Waals surface area contributed by atoms with Gasteiger partial charge in [0.15, 0.2) is 0 Å². The molecule has 0 aliphatic heterocycles. The van der Waals surface area contributed by atoms with E-state index in [-0.39, 0.29) is 6.61 Å². The molecule has 4 heteroatoms. The Morgan fingerprint density at radius 2 is 2.12 bits per heavy atom. The number of aliphatic hydroxyl groups is 1. The number of aryl methyl sites for hydroxylation is 2. The first-order valence-electron chi connectivity index (χ1n) is 5.24. The summed E-state index contributed by atoms with van der Waals surface area (Å²) in [7, 11) is 0. The zero-order valence-electron chi connectivity index (χ0n) is 9.27. The van der Waals surface area contributed by atoms with Crippen molar-refractivity contribution in [3.8, 4) is 5.75 Å². The molecule has 1 aromatic rings. The van der Waals surface area contributed by atoms with Crippen LogP contribution in [0, 0.1) is 6.92 Å². The average molecular weight is 224 g/mol. The van der Waals surface area contributed by atoms with Crippen LogP contribution in [0.3, 0.4) is 0 Å². The van der Waals surface area contributed by atoms with E-state index in [0.29, 0.717) is 18.6 Å². The highest BCUT2D eigenvalue weighted by Gasteiger charge is 2.07. The lowest BCUT2D eigenvalue weighted by Gasteiger charge is -2.08. The second kappa shape index (κ2) is 6.12. The molecular formula is C12H16O4. The molecule has 0 radical (unpaired) electrons. The van der Waals surface area contributed by atoms with E-state index in [1.54, 1.807) is 6.07 Å². The summed E-state index contributed by atoms with van der Waals surface area (Å²) in [6.45, 7) is 2.10. The third kappa shape index (κ3) is 3.90. The molecule has 0 aliphatic carbocycles. The fourth-order valence-corrected chi connectivity index (χ4v) is 1.52. The number of rotatable bonds is 5. The van der Waals surface area contributed by atoms with E-state index in [9.17, 15) is 4.79 Å². The van der Waals surface area contributed by atoms with Gasteiger partial charge >= 0.3 is 6.16 Å². The molecule has 0 aromatic heterocycles. The zero-order chi connectivity index (χ0) is 12.0. The summed E-state index contributed by atoms with van der Waals surface area (Å²) in [4.78, 5) is 10.5. The lowest BCUT2D eigenvalue weighted by molar-refractivity contribution is 0.144. The van der Waals surface area contributed by atoms with Gasteiger partial charge in [-0.15, -0.1) is 0 Å². The number of hydrogen-bond acceptors (Lipinski definition) is 3. The summed E-state index contributed by atoms with van der Waals surface area (Å²) >= 11 is 0. The van der Waals surface area contributed by atoms with Crippen molar-refractivity contribution in [3.63, 3.8) is 0 Å². The van der Waals surface area contributed by atoms with Crippen LogP contribution in [0.15, 0.2) is 18.2 Å². The molecule has 16 heavy (non-hydrogen) atoms. The second-order valence-corrected chi connectivity index (χ2v) is 3.66. The van der Waals surface area contributed by atoms with Crippen molar-refractivity contribution in [1.29, 1.82) is 0 Å². The highest BCUT2D eigenvalue weighted by molar-refractivity contribution is 5.62. The molecule has 0 aliphatic rings. The standard InChI is InChI=1S/C12H16O4/c1-9-5-6-11(16-12(14)15)10(8-9)4-2-3-7-13/h5-6,8,13H,2-4,7H2,1H3,(H,14,15). The molecule has 88 valence electrons. The first-order chi connectivity index (χ1) is 7.63. The number of carboxylic acid groups (broad SMARTS) is 1. The van der Waals surface area contributed by atoms with E-state index in [1.165, 1.54) is 0 Å². The molecule has 4 nitrogen and oxygen atoms in total. The number of carbonyl (C=O) groups is 1. The van der Waals surface area contributed by atoms with Gasteiger partial charge in [-0.1, -0.05) is 17.7 Å². The van der Waals surface area contributed by atoms with Gasteiger partial charge in [-0.3, -0.25) is 0 Å². The Hall–Kier alpha value is -1.55. The van der Waals surface area contributed by atoms with Gasteiger partial charge in [0.1, 0.15) is 5.75 Å². The summed E-state index contributed by atoms with van der Waals surface area (Å²) in [6, 6.07) is 5.39. The van der Waals surface area contributed by atoms with Crippen molar-refractivity contribution < 1.29 is 19.7 Å². The van der Waals surface area contributed by atoms with E-state index in [0.717, 1.165) is 17.5 Å². The number of aliphatic hydroxyl groups excluding tert-OH is 1. The second-order valence-electron chi connectivity index (χ2n) is 3.66. The molecule has 0 spiro atoms. The third-order valence-electron chi connectivity index (χ3n) is 2.27. The number of ether oxygens (including phenoxy) is 1. The van der Waals surface area contributed by atoms with Crippen molar-refractivity contribution in [2.24, 2.45) is 0 Å². The van der Waals surface area contributed by atoms with Crippen molar-refractivity contribution in [3.05, 3.63) is 29.3 Å². The monoisotopic (exact) mass is 224 g/mol. The number of hydrogen-bond donors (Lipinski definition) is 2. The van der Waals surface area contributed by atoms with E-state index in [2.05, 4.69) is 4.74 Å². The Balaban J connectivity index is 2.76. The third-order valence-corrected chi connectivity index (χ3v) is 2.27. The molecule has 1 aromatic carbocycles. The molecule has 2 N–H and O–H groups in total. The highest BCUT2D eigenvalue weighted by Crippen LogP contribution is 2.22. The van der Waals surface area contributed by atoms with E-state index < -0.39 is 6.16 Å². The Labute approximate surface area is 94.5 Å². The maximum atomic E-state index is 10.5. The van der Waals surface area contributed by atoms with Gasteiger partial charge in [0.05, 0.1) is 0 Å². The molecular weight excluding hydrogens is 208 g/mol. The Morgan fingerprint density at radius 1 is 1.38 bits per heavy atom. The van der Waals surface area contributed by atoms with E-state index in [1.807, 2.05) is 19.1 Å². The quantitative estimate of drug-likeness (QED) is 0.457. The first kappa shape index (κ1) is 12.5. The Morgan fingerprint density at radius 3 is 2.75 bits per heavy atom. The Bertz CT molecular complexity index is 360. The van der Waals surface area contributed by atoms with Crippen LogP contribution in [0.1, 0.15) is 24.0 Å². The average Bonchev–Trinajstić information content (AvgIpc) is 2.22. The van der Waals surface area contributed by atoms with Gasteiger partial charge in [0.2, 0.25) is 0 Å². The van der Waals surface area contributed by atoms with Crippen LogP contribution in [0.25, 0.3) is 0 Å². The predicted molar refractivity (Wildman–Crippen MR) is 59.9 cm³/mol. The molecule has 0 amide bonds. The van der Waals surface area contributed by atoms with Crippen molar-refractivity contribution in [1.82, 2.24) is 0 Å². The SMILES string of the molecule is Cc1ccc(OC(=O)O)c(CCCCO)c1. The normalized spacial score (nSPS) is 10.1. The van der Waals surface area contributed by atoms with E-state index >= 15 is 0 Å². The lowest BCUT2D eigenvalue weighted by atomic mass is 10.0.